The highest BCUT2D eigenvalue weighted by molar-refractivity contribution is 6.04. The number of hydrogen-bond donors (Lipinski definition) is 2. The van der Waals surface area contributed by atoms with E-state index in [2.05, 4.69) is 10.1 Å². The number of alkyl halides is 3. The zero-order valence-electron chi connectivity index (χ0n) is 12.3. The van der Waals surface area contributed by atoms with E-state index in [0.717, 1.165) is 12.1 Å². The van der Waals surface area contributed by atoms with E-state index >= 15 is 0 Å². The molecule has 0 unspecified atom stereocenters. The quantitative estimate of drug-likeness (QED) is 0.879. The van der Waals surface area contributed by atoms with Crippen LogP contribution in [0.4, 0.5) is 18.9 Å². The number of ether oxygens (including phenoxy) is 1. The highest BCUT2D eigenvalue weighted by Gasteiger charge is 2.31. The Morgan fingerprint density at radius 2 is 1.58 bits per heavy atom. The van der Waals surface area contributed by atoms with Crippen molar-refractivity contribution in [3.63, 3.8) is 0 Å². The minimum Gasteiger partial charge on any atom is -0.406 e. The van der Waals surface area contributed by atoms with Gasteiger partial charge in [-0.3, -0.25) is 9.59 Å². The fraction of sp³-hybridized carbons (Fsp3) is 0.125. The van der Waals surface area contributed by atoms with Gasteiger partial charge in [0.2, 0.25) is 5.91 Å². The van der Waals surface area contributed by atoms with E-state index in [1.54, 1.807) is 24.3 Å². The number of nitrogens with two attached hydrogens (primary N) is 1. The molecule has 0 saturated carbocycles. The Morgan fingerprint density at radius 1 is 1.00 bits per heavy atom. The van der Waals surface area contributed by atoms with Crippen molar-refractivity contribution in [3.8, 4) is 5.75 Å². The molecule has 0 aliphatic heterocycles. The van der Waals surface area contributed by atoms with E-state index in [0.29, 0.717) is 11.3 Å². The first kappa shape index (κ1) is 17.3. The molecule has 2 aromatic rings. The molecule has 3 N–H and O–H groups in total. The Hall–Kier alpha value is -3.03. The molecule has 0 atom stereocenters. The number of benzene rings is 2. The van der Waals surface area contributed by atoms with Gasteiger partial charge in [-0.1, -0.05) is 12.1 Å². The monoisotopic (exact) mass is 338 g/mol. The van der Waals surface area contributed by atoms with Crippen molar-refractivity contribution in [3.05, 3.63) is 59.7 Å². The van der Waals surface area contributed by atoms with E-state index < -0.39 is 23.9 Å². The van der Waals surface area contributed by atoms with Crippen molar-refractivity contribution in [2.45, 2.75) is 12.8 Å². The lowest BCUT2D eigenvalue weighted by Crippen LogP contribution is -2.17. The summed E-state index contributed by atoms with van der Waals surface area (Å²) in [6.45, 7) is 0. The van der Waals surface area contributed by atoms with Crippen LogP contribution in [0.5, 0.6) is 5.75 Å². The predicted molar refractivity (Wildman–Crippen MR) is 80.4 cm³/mol. The van der Waals surface area contributed by atoms with E-state index in [1.165, 1.54) is 12.1 Å². The lowest BCUT2D eigenvalue weighted by Gasteiger charge is -2.09. The van der Waals surface area contributed by atoms with E-state index in [4.69, 9.17) is 5.73 Å². The van der Waals surface area contributed by atoms with Crippen LogP contribution < -0.4 is 15.8 Å². The van der Waals surface area contributed by atoms with Crippen LogP contribution in [0.15, 0.2) is 48.5 Å². The van der Waals surface area contributed by atoms with Gasteiger partial charge in [-0.25, -0.2) is 0 Å². The third kappa shape index (κ3) is 5.31. The molecule has 8 heteroatoms. The van der Waals surface area contributed by atoms with E-state index in [-0.39, 0.29) is 12.0 Å². The Labute approximate surface area is 135 Å². The summed E-state index contributed by atoms with van der Waals surface area (Å²) in [6.07, 6.45) is -4.69. The molecule has 126 valence electrons. The average molecular weight is 338 g/mol. The number of carbonyl (C=O) groups excluding carboxylic acids is 2. The second kappa shape index (κ2) is 7.03. The summed E-state index contributed by atoms with van der Waals surface area (Å²) >= 11 is 0. The maximum absolute atomic E-state index is 12.1. The molecule has 0 aromatic heterocycles. The smallest absolute Gasteiger partial charge is 0.406 e. The van der Waals surface area contributed by atoms with Crippen molar-refractivity contribution in [2.24, 2.45) is 5.73 Å². The van der Waals surface area contributed by atoms with Gasteiger partial charge in [-0.15, -0.1) is 13.2 Å². The summed E-state index contributed by atoms with van der Waals surface area (Å²) < 4.78 is 39.9. The summed E-state index contributed by atoms with van der Waals surface area (Å²) in [7, 11) is 0. The summed E-state index contributed by atoms with van der Waals surface area (Å²) in [5.74, 6) is -1.36. The van der Waals surface area contributed by atoms with Gasteiger partial charge in [0.1, 0.15) is 5.75 Å². The SMILES string of the molecule is NC(=O)Cc1ccc(NC(=O)c2ccc(OC(F)(F)F)cc2)cc1. The molecular formula is C16H13F3N2O3. The molecule has 24 heavy (non-hydrogen) atoms. The van der Waals surface area contributed by atoms with Crippen LogP contribution in [0.3, 0.4) is 0 Å². The molecule has 0 saturated heterocycles. The third-order valence-electron chi connectivity index (χ3n) is 2.94. The van der Waals surface area contributed by atoms with Gasteiger partial charge in [0.25, 0.3) is 5.91 Å². The molecule has 0 radical (unpaired) electrons. The Bertz CT molecular complexity index is 726. The molecular weight excluding hydrogens is 325 g/mol. The lowest BCUT2D eigenvalue weighted by molar-refractivity contribution is -0.274. The Morgan fingerprint density at radius 3 is 2.08 bits per heavy atom. The van der Waals surface area contributed by atoms with Crippen LogP contribution in [0.25, 0.3) is 0 Å². The van der Waals surface area contributed by atoms with Crippen molar-refractivity contribution in [1.82, 2.24) is 0 Å². The summed E-state index contributed by atoms with van der Waals surface area (Å²) in [5, 5.41) is 2.59. The molecule has 2 rings (SSSR count). The van der Waals surface area contributed by atoms with Gasteiger partial charge in [0, 0.05) is 11.3 Å². The van der Waals surface area contributed by atoms with Crippen LogP contribution in [0.1, 0.15) is 15.9 Å². The minimum absolute atomic E-state index is 0.0922. The molecule has 0 heterocycles. The number of amides is 2. The van der Waals surface area contributed by atoms with Crippen LogP contribution >= 0.6 is 0 Å². The van der Waals surface area contributed by atoms with Crippen LogP contribution in [-0.2, 0) is 11.2 Å². The fourth-order valence-electron chi connectivity index (χ4n) is 1.92. The highest BCUT2D eigenvalue weighted by Crippen LogP contribution is 2.23. The van der Waals surface area contributed by atoms with Crippen molar-refractivity contribution >= 4 is 17.5 Å². The van der Waals surface area contributed by atoms with Gasteiger partial charge >= 0.3 is 6.36 Å². The molecule has 0 aliphatic rings. The Balaban J connectivity index is 2.00. The normalized spacial score (nSPS) is 11.0. The average Bonchev–Trinajstić information content (AvgIpc) is 2.48. The van der Waals surface area contributed by atoms with Crippen molar-refractivity contribution in [2.75, 3.05) is 5.32 Å². The third-order valence-corrected chi connectivity index (χ3v) is 2.94. The number of primary amides is 1. The van der Waals surface area contributed by atoms with Crippen LogP contribution in [0.2, 0.25) is 0 Å². The van der Waals surface area contributed by atoms with Gasteiger partial charge in [0.15, 0.2) is 0 Å². The largest absolute Gasteiger partial charge is 0.573 e. The van der Waals surface area contributed by atoms with Crippen molar-refractivity contribution < 1.29 is 27.5 Å². The van der Waals surface area contributed by atoms with Gasteiger partial charge < -0.3 is 15.8 Å². The fourth-order valence-corrected chi connectivity index (χ4v) is 1.92. The number of halogens is 3. The zero-order chi connectivity index (χ0) is 17.7. The number of carbonyl (C=O) groups is 2. The second-order valence-corrected chi connectivity index (χ2v) is 4.87. The van der Waals surface area contributed by atoms with Gasteiger partial charge in [-0.2, -0.15) is 0 Å². The molecule has 0 fully saturated rings. The number of hydrogen-bond acceptors (Lipinski definition) is 3. The first-order valence-electron chi connectivity index (χ1n) is 6.77. The number of nitrogens with one attached hydrogen (secondary N) is 1. The Kier molecular flexibility index (Phi) is 5.08. The first-order chi connectivity index (χ1) is 11.2. The van der Waals surface area contributed by atoms with Crippen LogP contribution in [-0.4, -0.2) is 18.2 Å². The molecule has 0 bridgehead atoms. The molecule has 0 aliphatic carbocycles. The van der Waals surface area contributed by atoms with Gasteiger partial charge in [0.05, 0.1) is 6.42 Å². The maximum Gasteiger partial charge on any atom is 0.573 e. The summed E-state index contributed by atoms with van der Waals surface area (Å²) in [6, 6.07) is 11.0. The lowest BCUT2D eigenvalue weighted by atomic mass is 10.1. The first-order valence-corrected chi connectivity index (χ1v) is 6.77. The van der Waals surface area contributed by atoms with E-state index in [9.17, 15) is 22.8 Å². The molecule has 2 aromatic carbocycles. The van der Waals surface area contributed by atoms with Gasteiger partial charge in [-0.05, 0) is 42.0 Å². The molecule has 0 spiro atoms. The summed E-state index contributed by atoms with van der Waals surface area (Å²) in [4.78, 5) is 22.8. The highest BCUT2D eigenvalue weighted by atomic mass is 19.4. The second-order valence-electron chi connectivity index (χ2n) is 4.87. The van der Waals surface area contributed by atoms with Crippen molar-refractivity contribution in [1.29, 1.82) is 0 Å². The van der Waals surface area contributed by atoms with Crippen LogP contribution in [0, 0.1) is 0 Å². The molecule has 2 amide bonds. The predicted octanol–water partition coefficient (Wildman–Crippen LogP) is 2.87. The zero-order valence-corrected chi connectivity index (χ0v) is 12.3. The number of rotatable bonds is 5. The molecule has 5 nitrogen and oxygen atoms in total. The topological polar surface area (TPSA) is 81.4 Å². The maximum atomic E-state index is 12.1. The summed E-state index contributed by atoms with van der Waals surface area (Å²) in [5.41, 5.74) is 6.43. The van der Waals surface area contributed by atoms with E-state index in [1.807, 2.05) is 0 Å². The minimum atomic E-state index is -4.78. The standard InChI is InChI=1S/C16H13F3N2O3/c17-16(18,19)24-13-7-3-11(4-8-13)15(23)21-12-5-1-10(2-6-12)9-14(20)22/h1-8H,9H2,(H2,20,22)(H,21,23). The number of anilines is 1.